The maximum Gasteiger partial charge on any atom is 0.401 e. The van der Waals surface area contributed by atoms with E-state index in [1.165, 1.54) is 12.0 Å². The number of rotatable bonds is 5. The lowest BCUT2D eigenvalue weighted by molar-refractivity contribution is -0.149. The topological polar surface area (TPSA) is 35.9 Å². The Morgan fingerprint density at radius 3 is 2.18 bits per heavy atom. The van der Waals surface area contributed by atoms with Gasteiger partial charge in [0.2, 0.25) is 0 Å². The fourth-order valence-corrected chi connectivity index (χ4v) is 1.93. The number of methoxy groups -OCH3 is 1. The van der Waals surface area contributed by atoms with Crippen LogP contribution in [-0.2, 0) is 4.74 Å². The third-order valence-corrected chi connectivity index (χ3v) is 2.70. The van der Waals surface area contributed by atoms with Crippen LogP contribution in [0.2, 0.25) is 0 Å². The minimum Gasteiger partial charge on any atom is -0.389 e. The second kappa shape index (κ2) is 6.53. The highest BCUT2D eigenvalue weighted by atomic mass is 19.4. The minimum atomic E-state index is -4.13. The molecule has 1 rings (SSSR count). The molecular formula is C10H19F3N2O2. The lowest BCUT2D eigenvalue weighted by Crippen LogP contribution is -2.51. The Morgan fingerprint density at radius 2 is 1.71 bits per heavy atom. The summed E-state index contributed by atoms with van der Waals surface area (Å²) in [6.07, 6.45) is -4.70. The van der Waals surface area contributed by atoms with Gasteiger partial charge in [0.05, 0.1) is 19.3 Å². The predicted octanol–water partition coefficient (Wildman–Crippen LogP) is 0.174. The van der Waals surface area contributed by atoms with Crippen LogP contribution in [-0.4, -0.2) is 80.2 Å². The monoisotopic (exact) mass is 256 g/mol. The van der Waals surface area contributed by atoms with E-state index in [0.29, 0.717) is 32.7 Å². The van der Waals surface area contributed by atoms with E-state index < -0.39 is 18.8 Å². The number of alkyl halides is 3. The van der Waals surface area contributed by atoms with E-state index in [9.17, 15) is 18.3 Å². The largest absolute Gasteiger partial charge is 0.401 e. The average Bonchev–Trinajstić information content (AvgIpc) is 2.19. The molecule has 0 aromatic carbocycles. The molecule has 0 amide bonds. The van der Waals surface area contributed by atoms with Crippen molar-refractivity contribution in [3.05, 3.63) is 0 Å². The highest BCUT2D eigenvalue weighted by molar-refractivity contribution is 4.75. The van der Waals surface area contributed by atoms with E-state index in [1.807, 2.05) is 4.90 Å². The molecule has 1 N–H and O–H groups in total. The Labute approximate surface area is 98.9 Å². The number of hydrogen-bond acceptors (Lipinski definition) is 4. The van der Waals surface area contributed by atoms with Crippen molar-refractivity contribution in [3.8, 4) is 0 Å². The number of piperazine rings is 1. The van der Waals surface area contributed by atoms with Crippen LogP contribution in [0.25, 0.3) is 0 Å². The van der Waals surface area contributed by atoms with Crippen LogP contribution in [0.5, 0.6) is 0 Å². The molecule has 1 atom stereocenters. The number of aliphatic hydroxyl groups excluding tert-OH is 1. The maximum absolute atomic E-state index is 12.1. The van der Waals surface area contributed by atoms with Crippen LogP contribution in [0, 0.1) is 0 Å². The molecule has 17 heavy (non-hydrogen) atoms. The zero-order valence-electron chi connectivity index (χ0n) is 9.91. The number of halogens is 3. The summed E-state index contributed by atoms with van der Waals surface area (Å²) in [7, 11) is 1.50. The molecule has 7 heteroatoms. The van der Waals surface area contributed by atoms with Crippen molar-refractivity contribution < 1.29 is 23.0 Å². The number of β-amino-alcohol motifs (C(OH)–C–C–N with tert-alkyl or cyclic N) is 1. The van der Waals surface area contributed by atoms with E-state index >= 15 is 0 Å². The van der Waals surface area contributed by atoms with Gasteiger partial charge in [-0.1, -0.05) is 0 Å². The molecule has 0 aromatic rings. The van der Waals surface area contributed by atoms with Crippen LogP contribution in [0.4, 0.5) is 13.2 Å². The van der Waals surface area contributed by atoms with E-state index in [2.05, 4.69) is 0 Å². The summed E-state index contributed by atoms with van der Waals surface area (Å²) in [5.74, 6) is 0. The maximum atomic E-state index is 12.1. The first-order valence-corrected chi connectivity index (χ1v) is 5.59. The molecular weight excluding hydrogens is 237 g/mol. The first-order chi connectivity index (χ1) is 7.90. The number of hydrogen-bond donors (Lipinski definition) is 1. The SMILES string of the molecule is COCC(O)CN1CCN(CC(F)(F)F)CC1. The second-order valence-corrected chi connectivity index (χ2v) is 4.30. The van der Waals surface area contributed by atoms with Crippen LogP contribution >= 0.6 is 0 Å². The Balaban J connectivity index is 2.21. The molecule has 102 valence electrons. The highest BCUT2D eigenvalue weighted by Crippen LogP contribution is 2.17. The van der Waals surface area contributed by atoms with Crippen molar-refractivity contribution in [1.82, 2.24) is 9.80 Å². The zero-order chi connectivity index (χ0) is 12.9. The predicted molar refractivity (Wildman–Crippen MR) is 56.8 cm³/mol. The van der Waals surface area contributed by atoms with Crippen LogP contribution < -0.4 is 0 Å². The molecule has 1 unspecified atom stereocenters. The van der Waals surface area contributed by atoms with Crippen LogP contribution in [0.15, 0.2) is 0 Å². The molecule has 0 radical (unpaired) electrons. The first kappa shape index (κ1) is 14.7. The van der Waals surface area contributed by atoms with Crippen molar-refractivity contribution in [2.45, 2.75) is 12.3 Å². The Morgan fingerprint density at radius 1 is 1.18 bits per heavy atom. The minimum absolute atomic E-state index is 0.253. The third-order valence-electron chi connectivity index (χ3n) is 2.70. The van der Waals surface area contributed by atoms with Crippen molar-refractivity contribution in [1.29, 1.82) is 0 Å². The standard InChI is InChI=1S/C10H19F3N2O2/c1-17-7-9(16)6-14-2-4-15(5-3-14)8-10(11,12)13/h9,16H,2-8H2,1H3. The van der Waals surface area contributed by atoms with Crippen molar-refractivity contribution in [2.75, 3.05) is 53.0 Å². The van der Waals surface area contributed by atoms with Gasteiger partial charge in [-0.3, -0.25) is 9.80 Å². The molecule has 0 aromatic heterocycles. The molecule has 1 fully saturated rings. The molecule has 1 saturated heterocycles. The van der Waals surface area contributed by atoms with E-state index in [1.54, 1.807) is 0 Å². The van der Waals surface area contributed by atoms with Crippen LogP contribution in [0.1, 0.15) is 0 Å². The summed E-state index contributed by atoms with van der Waals surface area (Å²) < 4.78 is 41.2. The third kappa shape index (κ3) is 6.21. The molecule has 4 nitrogen and oxygen atoms in total. The summed E-state index contributed by atoms with van der Waals surface area (Å²) in [4.78, 5) is 3.34. The number of aliphatic hydroxyl groups is 1. The summed E-state index contributed by atoms with van der Waals surface area (Å²) in [5, 5.41) is 9.49. The van der Waals surface area contributed by atoms with Gasteiger partial charge >= 0.3 is 6.18 Å². The van der Waals surface area contributed by atoms with Gasteiger partial charge in [0.15, 0.2) is 0 Å². The molecule has 1 aliphatic heterocycles. The zero-order valence-corrected chi connectivity index (χ0v) is 9.91. The second-order valence-electron chi connectivity index (χ2n) is 4.30. The van der Waals surface area contributed by atoms with Gasteiger partial charge in [0, 0.05) is 39.8 Å². The summed E-state index contributed by atoms with van der Waals surface area (Å²) in [5.41, 5.74) is 0. The van der Waals surface area contributed by atoms with E-state index in [-0.39, 0.29) is 6.61 Å². The lowest BCUT2D eigenvalue weighted by Gasteiger charge is -2.35. The highest BCUT2D eigenvalue weighted by Gasteiger charge is 2.32. The lowest BCUT2D eigenvalue weighted by atomic mass is 10.2. The Kier molecular flexibility index (Phi) is 5.64. The Bertz CT molecular complexity index is 218. The number of nitrogens with zero attached hydrogens (tertiary/aromatic N) is 2. The van der Waals surface area contributed by atoms with Crippen molar-refractivity contribution >= 4 is 0 Å². The average molecular weight is 256 g/mol. The number of ether oxygens (including phenoxy) is 1. The van der Waals surface area contributed by atoms with Crippen molar-refractivity contribution in [3.63, 3.8) is 0 Å². The fraction of sp³-hybridized carbons (Fsp3) is 1.00. The van der Waals surface area contributed by atoms with Gasteiger partial charge in [-0.15, -0.1) is 0 Å². The molecule has 0 spiro atoms. The van der Waals surface area contributed by atoms with Gasteiger partial charge < -0.3 is 9.84 Å². The van der Waals surface area contributed by atoms with E-state index in [0.717, 1.165) is 0 Å². The molecule has 1 heterocycles. The van der Waals surface area contributed by atoms with Gasteiger partial charge in [-0.05, 0) is 0 Å². The van der Waals surface area contributed by atoms with E-state index in [4.69, 9.17) is 4.74 Å². The smallest absolute Gasteiger partial charge is 0.389 e. The fourth-order valence-electron chi connectivity index (χ4n) is 1.93. The summed E-state index contributed by atoms with van der Waals surface area (Å²) >= 11 is 0. The molecule has 0 bridgehead atoms. The quantitative estimate of drug-likeness (QED) is 0.761. The van der Waals surface area contributed by atoms with Crippen LogP contribution in [0.3, 0.4) is 0 Å². The van der Waals surface area contributed by atoms with Gasteiger partial charge in [0.1, 0.15) is 0 Å². The van der Waals surface area contributed by atoms with Gasteiger partial charge in [0.25, 0.3) is 0 Å². The Hall–Kier alpha value is -0.370. The van der Waals surface area contributed by atoms with Gasteiger partial charge in [-0.2, -0.15) is 13.2 Å². The van der Waals surface area contributed by atoms with Crippen molar-refractivity contribution in [2.24, 2.45) is 0 Å². The normalized spacial score (nSPS) is 21.7. The first-order valence-electron chi connectivity index (χ1n) is 5.59. The summed E-state index contributed by atoms with van der Waals surface area (Å²) in [6.45, 7) is 1.74. The molecule has 0 saturated carbocycles. The summed E-state index contributed by atoms with van der Waals surface area (Å²) in [6, 6.07) is 0. The molecule has 1 aliphatic rings. The van der Waals surface area contributed by atoms with Gasteiger partial charge in [-0.25, -0.2) is 0 Å². The molecule has 0 aliphatic carbocycles.